The van der Waals surface area contributed by atoms with Crippen LogP contribution in [0.25, 0.3) is 10.2 Å². The van der Waals surface area contributed by atoms with E-state index in [1.165, 1.54) is 28.6 Å². The first-order valence-electron chi connectivity index (χ1n) is 9.20. The van der Waals surface area contributed by atoms with Crippen LogP contribution in [0, 0.1) is 0 Å². The number of anilines is 1. The Kier molecular flexibility index (Phi) is 5.31. The number of fused-ring (bicyclic) bond motifs is 3. The Hall–Kier alpha value is -2.12. The van der Waals surface area contributed by atoms with Crippen molar-refractivity contribution in [3.8, 4) is 0 Å². The van der Waals surface area contributed by atoms with Gasteiger partial charge in [-0.2, -0.15) is 0 Å². The van der Waals surface area contributed by atoms with E-state index in [1.54, 1.807) is 15.9 Å². The van der Waals surface area contributed by atoms with E-state index < -0.39 is 0 Å². The SMILES string of the molecule is CCn1c(SCC(=O)Nc2ccccc2)nc2sc3c(c2c1=O)CCCC3. The lowest BCUT2D eigenvalue weighted by atomic mass is 9.97. The molecule has 0 bridgehead atoms. The lowest BCUT2D eigenvalue weighted by Gasteiger charge is -2.12. The van der Waals surface area contributed by atoms with Crippen LogP contribution in [-0.2, 0) is 24.2 Å². The highest BCUT2D eigenvalue weighted by Crippen LogP contribution is 2.34. The van der Waals surface area contributed by atoms with E-state index in [0.717, 1.165) is 35.2 Å². The number of para-hydroxylation sites is 1. The standard InChI is InChI=1S/C20H21N3O2S2/c1-2-23-19(25)17-14-10-6-7-11-15(14)27-18(17)22-20(23)26-12-16(24)21-13-8-4-3-5-9-13/h3-5,8-9H,2,6-7,10-12H2,1H3,(H,21,24). The van der Waals surface area contributed by atoms with Crippen molar-refractivity contribution in [2.24, 2.45) is 0 Å². The summed E-state index contributed by atoms with van der Waals surface area (Å²) >= 11 is 2.97. The fourth-order valence-electron chi connectivity index (χ4n) is 3.46. The molecule has 4 rings (SSSR count). The fraction of sp³-hybridized carbons (Fsp3) is 0.350. The molecule has 7 heteroatoms. The van der Waals surface area contributed by atoms with Crippen molar-refractivity contribution >= 4 is 44.9 Å². The van der Waals surface area contributed by atoms with Crippen LogP contribution in [0.2, 0.25) is 0 Å². The topological polar surface area (TPSA) is 64.0 Å². The summed E-state index contributed by atoms with van der Waals surface area (Å²) in [5.41, 5.74) is 2.01. The second kappa shape index (κ2) is 7.86. The first-order chi connectivity index (χ1) is 13.2. The van der Waals surface area contributed by atoms with Gasteiger partial charge in [0.25, 0.3) is 5.56 Å². The van der Waals surface area contributed by atoms with Crippen molar-refractivity contribution in [2.45, 2.75) is 44.3 Å². The van der Waals surface area contributed by atoms with Crippen molar-refractivity contribution in [1.82, 2.24) is 9.55 Å². The number of nitrogens with zero attached hydrogens (tertiary/aromatic N) is 2. The Labute approximate surface area is 165 Å². The Morgan fingerprint density at radius 1 is 1.26 bits per heavy atom. The molecule has 1 aromatic carbocycles. The molecule has 3 aromatic rings. The summed E-state index contributed by atoms with van der Waals surface area (Å²) in [6.45, 7) is 2.50. The summed E-state index contributed by atoms with van der Waals surface area (Å²) in [5, 5.41) is 4.29. The number of thiophene rings is 1. The first kappa shape index (κ1) is 18.3. The van der Waals surface area contributed by atoms with Crippen molar-refractivity contribution < 1.29 is 4.79 Å². The Morgan fingerprint density at radius 3 is 2.81 bits per heavy atom. The highest BCUT2D eigenvalue weighted by Gasteiger charge is 2.22. The Bertz CT molecular complexity index is 1040. The molecule has 1 amide bonds. The smallest absolute Gasteiger partial charge is 0.263 e. The third-order valence-electron chi connectivity index (χ3n) is 4.75. The Balaban J connectivity index is 1.60. The van der Waals surface area contributed by atoms with Crippen LogP contribution in [0.5, 0.6) is 0 Å². The molecule has 0 atom stereocenters. The van der Waals surface area contributed by atoms with Crippen LogP contribution in [0.3, 0.4) is 0 Å². The maximum Gasteiger partial charge on any atom is 0.263 e. The third kappa shape index (κ3) is 3.66. The van der Waals surface area contributed by atoms with E-state index >= 15 is 0 Å². The minimum atomic E-state index is -0.103. The van der Waals surface area contributed by atoms with Gasteiger partial charge < -0.3 is 5.32 Å². The average molecular weight is 400 g/mol. The van der Waals surface area contributed by atoms with Crippen molar-refractivity contribution in [3.05, 3.63) is 51.1 Å². The number of rotatable bonds is 5. The van der Waals surface area contributed by atoms with Crippen molar-refractivity contribution in [1.29, 1.82) is 0 Å². The van der Waals surface area contributed by atoms with Crippen LogP contribution < -0.4 is 10.9 Å². The van der Waals surface area contributed by atoms with Gasteiger partial charge >= 0.3 is 0 Å². The van der Waals surface area contributed by atoms with Crippen LogP contribution >= 0.6 is 23.1 Å². The van der Waals surface area contributed by atoms with Gasteiger partial charge in [0.2, 0.25) is 5.91 Å². The van der Waals surface area contributed by atoms with Crippen molar-refractivity contribution in [2.75, 3.05) is 11.1 Å². The van der Waals surface area contributed by atoms with Crippen LogP contribution in [0.15, 0.2) is 40.3 Å². The van der Waals surface area contributed by atoms with Gasteiger partial charge in [-0.3, -0.25) is 14.2 Å². The van der Waals surface area contributed by atoms with Crippen LogP contribution in [-0.4, -0.2) is 21.2 Å². The number of carbonyl (C=O) groups is 1. The van der Waals surface area contributed by atoms with E-state index in [2.05, 4.69) is 5.32 Å². The zero-order valence-electron chi connectivity index (χ0n) is 15.2. The monoisotopic (exact) mass is 399 g/mol. The number of thioether (sulfide) groups is 1. The normalized spacial score (nSPS) is 13.5. The molecule has 2 aromatic heterocycles. The molecule has 2 heterocycles. The van der Waals surface area contributed by atoms with Gasteiger partial charge in [0.05, 0.1) is 11.1 Å². The van der Waals surface area contributed by atoms with E-state index in [0.29, 0.717) is 11.7 Å². The van der Waals surface area contributed by atoms with E-state index in [-0.39, 0.29) is 17.2 Å². The van der Waals surface area contributed by atoms with Gasteiger partial charge in [0, 0.05) is 17.1 Å². The van der Waals surface area contributed by atoms with Gasteiger partial charge in [-0.1, -0.05) is 30.0 Å². The number of nitrogens with one attached hydrogen (secondary N) is 1. The predicted molar refractivity (Wildman–Crippen MR) is 112 cm³/mol. The number of amides is 1. The third-order valence-corrected chi connectivity index (χ3v) is 6.91. The molecule has 0 fully saturated rings. The molecule has 140 valence electrons. The molecule has 27 heavy (non-hydrogen) atoms. The molecule has 0 spiro atoms. The number of benzene rings is 1. The maximum atomic E-state index is 13.1. The van der Waals surface area contributed by atoms with Gasteiger partial charge in [-0.15, -0.1) is 11.3 Å². The minimum Gasteiger partial charge on any atom is -0.325 e. The maximum absolute atomic E-state index is 13.1. The number of carbonyl (C=O) groups excluding carboxylic acids is 1. The van der Waals surface area contributed by atoms with Crippen LogP contribution in [0.1, 0.15) is 30.2 Å². The molecule has 1 N–H and O–H groups in total. The minimum absolute atomic E-state index is 0.0351. The van der Waals surface area contributed by atoms with Gasteiger partial charge in [-0.25, -0.2) is 4.98 Å². The summed E-state index contributed by atoms with van der Waals surface area (Å²) in [5.74, 6) is 0.117. The highest BCUT2D eigenvalue weighted by molar-refractivity contribution is 7.99. The zero-order valence-corrected chi connectivity index (χ0v) is 16.8. The molecular weight excluding hydrogens is 378 g/mol. The number of aryl methyl sites for hydroxylation is 2. The summed E-state index contributed by atoms with van der Waals surface area (Å²) < 4.78 is 1.70. The number of hydrogen-bond acceptors (Lipinski definition) is 5. The van der Waals surface area contributed by atoms with E-state index in [1.807, 2.05) is 37.3 Å². The quantitative estimate of drug-likeness (QED) is 0.518. The second-order valence-corrected chi connectivity index (χ2v) is 8.56. The molecule has 0 radical (unpaired) electrons. The lowest BCUT2D eigenvalue weighted by Crippen LogP contribution is -2.24. The predicted octanol–water partition coefficient (Wildman–Crippen LogP) is 4.09. The van der Waals surface area contributed by atoms with Gasteiger partial charge in [0.1, 0.15) is 4.83 Å². The summed E-state index contributed by atoms with van der Waals surface area (Å²) in [7, 11) is 0. The van der Waals surface area contributed by atoms with Gasteiger partial charge in [-0.05, 0) is 50.3 Å². The molecule has 0 saturated carbocycles. The number of aromatic nitrogens is 2. The highest BCUT2D eigenvalue weighted by atomic mass is 32.2. The molecule has 0 aliphatic heterocycles. The summed E-state index contributed by atoms with van der Waals surface area (Å²) in [6.07, 6.45) is 4.34. The Morgan fingerprint density at radius 2 is 2.04 bits per heavy atom. The van der Waals surface area contributed by atoms with E-state index in [4.69, 9.17) is 4.98 Å². The molecule has 1 aliphatic carbocycles. The fourth-order valence-corrected chi connectivity index (χ4v) is 5.62. The second-order valence-electron chi connectivity index (χ2n) is 6.54. The van der Waals surface area contributed by atoms with Crippen molar-refractivity contribution in [3.63, 3.8) is 0 Å². The van der Waals surface area contributed by atoms with Gasteiger partial charge in [0.15, 0.2) is 5.16 Å². The molecule has 0 unspecified atom stereocenters. The van der Waals surface area contributed by atoms with Crippen LogP contribution in [0.4, 0.5) is 5.69 Å². The summed E-state index contributed by atoms with van der Waals surface area (Å²) in [6, 6.07) is 9.37. The molecule has 1 aliphatic rings. The van der Waals surface area contributed by atoms with E-state index in [9.17, 15) is 9.59 Å². The average Bonchev–Trinajstić information content (AvgIpc) is 3.06. The largest absolute Gasteiger partial charge is 0.325 e. The lowest BCUT2D eigenvalue weighted by molar-refractivity contribution is -0.113. The zero-order chi connectivity index (χ0) is 18.8. The summed E-state index contributed by atoms with van der Waals surface area (Å²) in [4.78, 5) is 32.2. The number of hydrogen-bond donors (Lipinski definition) is 1. The molecular formula is C20H21N3O2S2. The first-order valence-corrected chi connectivity index (χ1v) is 11.0. The molecule has 5 nitrogen and oxygen atoms in total. The molecule has 0 saturated heterocycles.